The Morgan fingerprint density at radius 2 is 1.74 bits per heavy atom. The molecule has 1 aliphatic heterocycles. The van der Waals surface area contributed by atoms with Gasteiger partial charge in [-0.05, 0) is 54.8 Å². The van der Waals surface area contributed by atoms with E-state index in [-0.39, 0.29) is 11.8 Å². The predicted octanol–water partition coefficient (Wildman–Crippen LogP) is 4.72. The summed E-state index contributed by atoms with van der Waals surface area (Å²) in [5, 5.41) is 2.85. The van der Waals surface area contributed by atoms with Crippen molar-refractivity contribution in [3.05, 3.63) is 82.4 Å². The first-order chi connectivity index (χ1) is 16.6. The zero-order chi connectivity index (χ0) is 23.5. The van der Waals surface area contributed by atoms with Gasteiger partial charge in [0, 0.05) is 54.4 Å². The molecule has 0 aliphatic carbocycles. The Labute approximate surface area is 206 Å². The summed E-state index contributed by atoms with van der Waals surface area (Å²) in [5.41, 5.74) is 5.68. The van der Waals surface area contributed by atoms with Gasteiger partial charge in [0.15, 0.2) is 0 Å². The highest BCUT2D eigenvalue weighted by atomic mass is 32.2. The van der Waals surface area contributed by atoms with Crippen LogP contribution in [0.2, 0.25) is 0 Å². The van der Waals surface area contributed by atoms with Crippen molar-refractivity contribution in [1.82, 2.24) is 19.8 Å². The van der Waals surface area contributed by atoms with Crippen molar-refractivity contribution in [3.63, 3.8) is 0 Å². The molecule has 1 fully saturated rings. The van der Waals surface area contributed by atoms with Crippen LogP contribution in [0.5, 0.6) is 0 Å². The van der Waals surface area contributed by atoms with Crippen LogP contribution >= 0.6 is 23.3 Å². The molecule has 1 saturated heterocycles. The van der Waals surface area contributed by atoms with Crippen LogP contribution in [0.25, 0.3) is 10.9 Å². The number of aryl methyl sites for hydroxylation is 1. The molecule has 0 radical (unpaired) electrons. The van der Waals surface area contributed by atoms with E-state index in [4.69, 9.17) is 0 Å². The molecule has 1 N–H and O–H groups in total. The third-order valence-corrected chi connectivity index (χ3v) is 7.30. The topological polar surface area (TPSA) is 78.4 Å². The van der Waals surface area contributed by atoms with Crippen LogP contribution in [-0.2, 0) is 0 Å². The second-order valence-corrected chi connectivity index (χ2v) is 9.59. The lowest BCUT2D eigenvalue weighted by atomic mass is 10.1. The molecule has 34 heavy (non-hydrogen) atoms. The van der Waals surface area contributed by atoms with E-state index in [1.807, 2.05) is 60.4 Å². The summed E-state index contributed by atoms with van der Waals surface area (Å²) < 4.78 is 3.40. The minimum absolute atomic E-state index is 0.0127. The Kier molecular flexibility index (Phi) is 6.46. The van der Waals surface area contributed by atoms with E-state index in [1.165, 1.54) is 23.3 Å². The smallest absolute Gasteiger partial charge is 0.273 e. The standard InChI is InChI=1S/C25H23N5O2S2/c1-17-14-19(24(31)29-10-12-30(13-11-29)25(32)21-15-33-16-27-21)7-8-20(17)28-34-22-6-2-4-18-5-3-9-26-23(18)22/h2-9,14-16,28H,10-13H2,1H3. The summed E-state index contributed by atoms with van der Waals surface area (Å²) >= 11 is 2.92. The molecule has 7 nitrogen and oxygen atoms in total. The number of aromatic nitrogens is 2. The quantitative estimate of drug-likeness (QED) is 0.409. The Hall–Kier alpha value is -3.43. The number of amides is 2. The van der Waals surface area contributed by atoms with Gasteiger partial charge < -0.3 is 14.5 Å². The van der Waals surface area contributed by atoms with Gasteiger partial charge in [-0.25, -0.2) is 4.98 Å². The lowest BCUT2D eigenvalue weighted by Crippen LogP contribution is -2.50. The Morgan fingerprint density at radius 3 is 2.47 bits per heavy atom. The maximum atomic E-state index is 13.1. The molecule has 0 unspecified atom stereocenters. The second-order valence-electron chi connectivity index (χ2n) is 8.02. The molecular formula is C25H23N5O2S2. The molecule has 2 aromatic carbocycles. The van der Waals surface area contributed by atoms with Crippen LogP contribution in [0.15, 0.2) is 70.5 Å². The lowest BCUT2D eigenvalue weighted by molar-refractivity contribution is 0.0532. The van der Waals surface area contributed by atoms with Gasteiger partial charge in [-0.1, -0.05) is 18.2 Å². The third kappa shape index (κ3) is 4.62. The highest BCUT2D eigenvalue weighted by molar-refractivity contribution is 8.00. The molecule has 3 heterocycles. The van der Waals surface area contributed by atoms with Crippen molar-refractivity contribution in [3.8, 4) is 0 Å². The van der Waals surface area contributed by atoms with Crippen molar-refractivity contribution >= 4 is 51.7 Å². The number of thiazole rings is 1. The number of pyridine rings is 1. The molecule has 172 valence electrons. The van der Waals surface area contributed by atoms with Crippen LogP contribution in [-0.4, -0.2) is 57.8 Å². The number of hydrogen-bond acceptors (Lipinski definition) is 7. The Morgan fingerprint density at radius 1 is 0.971 bits per heavy atom. The largest absolute Gasteiger partial charge is 0.335 e. The molecule has 0 atom stereocenters. The van der Waals surface area contributed by atoms with E-state index in [1.54, 1.807) is 22.0 Å². The maximum Gasteiger partial charge on any atom is 0.273 e. The van der Waals surface area contributed by atoms with Crippen LogP contribution in [0.3, 0.4) is 0 Å². The van der Waals surface area contributed by atoms with Gasteiger partial charge in [0.25, 0.3) is 11.8 Å². The normalized spacial score (nSPS) is 13.8. The Bertz CT molecular complexity index is 1330. The summed E-state index contributed by atoms with van der Waals surface area (Å²) in [5.74, 6) is -0.0835. The summed E-state index contributed by atoms with van der Waals surface area (Å²) in [7, 11) is 0. The molecule has 5 rings (SSSR count). The number of nitrogens with zero attached hydrogens (tertiary/aromatic N) is 4. The van der Waals surface area contributed by atoms with Gasteiger partial charge in [0.05, 0.1) is 15.9 Å². The predicted molar refractivity (Wildman–Crippen MR) is 136 cm³/mol. The van der Waals surface area contributed by atoms with Crippen molar-refractivity contribution in [2.75, 3.05) is 30.9 Å². The molecule has 4 aromatic rings. The number of carbonyl (C=O) groups is 2. The van der Waals surface area contributed by atoms with Gasteiger partial charge in [0.1, 0.15) is 5.69 Å². The van der Waals surface area contributed by atoms with Crippen molar-refractivity contribution in [2.24, 2.45) is 0 Å². The number of rotatable bonds is 5. The minimum Gasteiger partial charge on any atom is -0.335 e. The third-order valence-electron chi connectivity index (χ3n) is 5.85. The average Bonchev–Trinajstić information content (AvgIpc) is 3.42. The van der Waals surface area contributed by atoms with E-state index in [0.29, 0.717) is 37.4 Å². The number of fused-ring (bicyclic) bond motifs is 1. The van der Waals surface area contributed by atoms with Gasteiger partial charge >= 0.3 is 0 Å². The number of nitrogens with one attached hydrogen (secondary N) is 1. The van der Waals surface area contributed by atoms with E-state index in [9.17, 15) is 9.59 Å². The number of hydrogen-bond donors (Lipinski definition) is 1. The molecule has 9 heteroatoms. The SMILES string of the molecule is Cc1cc(C(=O)N2CCN(C(=O)c3cscn3)CC2)ccc1NSc1cccc2cccnc12. The molecule has 2 aromatic heterocycles. The number of piperazine rings is 1. The van der Waals surface area contributed by atoms with Crippen LogP contribution < -0.4 is 4.72 Å². The van der Waals surface area contributed by atoms with Crippen molar-refractivity contribution in [1.29, 1.82) is 0 Å². The first kappa shape index (κ1) is 22.4. The fourth-order valence-corrected chi connectivity index (χ4v) is 5.34. The van der Waals surface area contributed by atoms with E-state index >= 15 is 0 Å². The highest BCUT2D eigenvalue weighted by Crippen LogP contribution is 2.29. The first-order valence-electron chi connectivity index (χ1n) is 10.9. The molecule has 0 spiro atoms. The van der Waals surface area contributed by atoms with Crippen LogP contribution in [0, 0.1) is 6.92 Å². The van der Waals surface area contributed by atoms with Gasteiger partial charge in [0.2, 0.25) is 0 Å². The van der Waals surface area contributed by atoms with E-state index in [0.717, 1.165) is 27.0 Å². The van der Waals surface area contributed by atoms with Crippen molar-refractivity contribution < 1.29 is 9.59 Å². The molecular weight excluding hydrogens is 466 g/mol. The van der Waals surface area contributed by atoms with Gasteiger partial charge in [-0.15, -0.1) is 11.3 Å². The summed E-state index contributed by atoms with van der Waals surface area (Å²) in [6.07, 6.45) is 1.80. The molecule has 0 bridgehead atoms. The Balaban J connectivity index is 1.21. The summed E-state index contributed by atoms with van der Waals surface area (Å²) in [4.78, 5) is 38.8. The first-order valence-corrected chi connectivity index (χ1v) is 12.7. The maximum absolute atomic E-state index is 13.1. The van der Waals surface area contributed by atoms with Crippen molar-refractivity contribution in [2.45, 2.75) is 11.8 Å². The number of anilines is 1. The zero-order valence-corrected chi connectivity index (χ0v) is 20.2. The van der Waals surface area contributed by atoms with E-state index < -0.39 is 0 Å². The van der Waals surface area contributed by atoms with E-state index in [2.05, 4.69) is 14.7 Å². The fourth-order valence-electron chi connectivity index (χ4n) is 3.96. The second kappa shape index (κ2) is 9.82. The van der Waals surface area contributed by atoms with Crippen LogP contribution in [0.4, 0.5) is 5.69 Å². The number of carbonyl (C=O) groups excluding carboxylic acids is 2. The number of para-hydroxylation sites is 1. The summed E-state index contributed by atoms with van der Waals surface area (Å²) in [6.45, 7) is 4.04. The zero-order valence-electron chi connectivity index (χ0n) is 18.6. The van der Waals surface area contributed by atoms with Gasteiger partial charge in [-0.3, -0.25) is 14.6 Å². The molecule has 2 amide bonds. The minimum atomic E-state index is -0.0708. The van der Waals surface area contributed by atoms with Crippen LogP contribution in [0.1, 0.15) is 26.4 Å². The highest BCUT2D eigenvalue weighted by Gasteiger charge is 2.26. The average molecular weight is 490 g/mol. The molecule has 0 saturated carbocycles. The van der Waals surface area contributed by atoms with Gasteiger partial charge in [-0.2, -0.15) is 0 Å². The number of benzene rings is 2. The fraction of sp³-hybridized carbons (Fsp3) is 0.200. The summed E-state index contributed by atoms with van der Waals surface area (Å²) in [6, 6.07) is 15.8. The lowest BCUT2D eigenvalue weighted by Gasteiger charge is -2.34. The monoisotopic (exact) mass is 489 g/mol. The molecule has 1 aliphatic rings.